The average Bonchev–Trinajstić information content (AvgIpc) is 3.04. The lowest BCUT2D eigenvalue weighted by Gasteiger charge is -2.20. The Bertz CT molecular complexity index is 337. The maximum absolute atomic E-state index is 11.4. The number of carbonyl (C=O) groups is 1. The first-order valence-electron chi connectivity index (χ1n) is 8.10. The summed E-state index contributed by atoms with van der Waals surface area (Å²) in [6.07, 6.45) is 4.32. The molecule has 2 rings (SSSR count). The molecule has 2 fully saturated rings. The topological polar surface area (TPSA) is 84.2 Å². The van der Waals surface area contributed by atoms with Crippen LogP contribution in [0.3, 0.4) is 0 Å². The van der Waals surface area contributed by atoms with Crippen LogP contribution in [0.1, 0.15) is 25.7 Å². The van der Waals surface area contributed by atoms with E-state index < -0.39 is 13.1 Å². The van der Waals surface area contributed by atoms with E-state index in [-0.39, 0.29) is 11.8 Å². The van der Waals surface area contributed by atoms with Gasteiger partial charge in [-0.15, -0.1) is 0 Å². The molecule has 2 aliphatic rings. The first-order valence-corrected chi connectivity index (χ1v) is 8.10. The number of likely N-dealkylation sites (tertiary alicyclic amines) is 2. The van der Waals surface area contributed by atoms with Crippen molar-refractivity contribution >= 4 is 13.1 Å². The summed E-state index contributed by atoms with van der Waals surface area (Å²) < 4.78 is 0. The maximum atomic E-state index is 11.4. The Hall–Kier alpha value is -0.625. The smallest absolute Gasteiger partial charge is 0.451 e. The largest absolute Gasteiger partial charge is 0.481 e. The minimum atomic E-state index is -1.28. The van der Waals surface area contributed by atoms with Gasteiger partial charge in [-0.25, -0.2) is 0 Å². The van der Waals surface area contributed by atoms with Gasteiger partial charge in [-0.2, -0.15) is 0 Å². The van der Waals surface area contributed by atoms with Crippen molar-refractivity contribution in [2.24, 2.45) is 11.8 Å². The minimum absolute atomic E-state index is 0.139. The Morgan fingerprint density at radius 1 is 1.10 bits per heavy atom. The molecule has 2 heterocycles. The van der Waals surface area contributed by atoms with E-state index in [1.54, 1.807) is 0 Å². The number of aliphatic carboxylic acids is 1. The van der Waals surface area contributed by atoms with Crippen LogP contribution < -0.4 is 0 Å². The minimum Gasteiger partial charge on any atom is -0.481 e. The van der Waals surface area contributed by atoms with E-state index >= 15 is 0 Å². The highest BCUT2D eigenvalue weighted by molar-refractivity contribution is 6.40. The van der Waals surface area contributed by atoms with Crippen LogP contribution >= 0.6 is 0 Å². The molecule has 21 heavy (non-hydrogen) atoms. The predicted octanol–water partition coefficient (Wildman–Crippen LogP) is -0.0322. The van der Waals surface area contributed by atoms with Gasteiger partial charge in [0.25, 0.3) is 0 Å². The van der Waals surface area contributed by atoms with E-state index in [1.165, 1.54) is 25.9 Å². The van der Waals surface area contributed by atoms with E-state index in [9.17, 15) is 9.90 Å². The van der Waals surface area contributed by atoms with Crippen LogP contribution in [0.5, 0.6) is 0 Å². The lowest BCUT2D eigenvalue weighted by molar-refractivity contribution is -0.142. The summed E-state index contributed by atoms with van der Waals surface area (Å²) in [6, 6.07) is 0. The zero-order valence-electron chi connectivity index (χ0n) is 12.7. The number of hydrogen-bond acceptors (Lipinski definition) is 5. The number of carboxylic acid groups (broad SMARTS) is 1. The molecule has 7 heteroatoms. The number of carboxylic acids is 1. The number of hydrogen-bond donors (Lipinski definition) is 3. The van der Waals surface area contributed by atoms with Crippen molar-refractivity contribution in [2.45, 2.75) is 32.0 Å². The summed E-state index contributed by atoms with van der Waals surface area (Å²) in [5.74, 6) is -0.882. The van der Waals surface area contributed by atoms with Crippen molar-refractivity contribution in [3.8, 4) is 0 Å². The van der Waals surface area contributed by atoms with Gasteiger partial charge in [-0.05, 0) is 44.6 Å². The quantitative estimate of drug-likeness (QED) is 0.546. The van der Waals surface area contributed by atoms with Gasteiger partial charge in [0.15, 0.2) is 0 Å². The molecule has 120 valence electrons. The lowest BCUT2D eigenvalue weighted by atomic mass is 9.80. The Balaban J connectivity index is 1.75. The van der Waals surface area contributed by atoms with Crippen LogP contribution in [0.25, 0.3) is 0 Å². The van der Waals surface area contributed by atoms with Crippen molar-refractivity contribution in [2.75, 3.05) is 39.3 Å². The standard InChI is InChI=1S/C14H27BN2O4/c18-14(19)13-11-17(9-8-16-6-1-2-7-16)10-12(13)4-3-5-15(20)21/h12-13,20-21H,1-11H2,(H,18,19)/t12-,13+/m0/s1. The first kappa shape index (κ1) is 16.7. The third-order valence-corrected chi connectivity index (χ3v) is 4.80. The van der Waals surface area contributed by atoms with Gasteiger partial charge in [-0.3, -0.25) is 4.79 Å². The summed E-state index contributed by atoms with van der Waals surface area (Å²) in [7, 11) is -1.28. The Morgan fingerprint density at radius 2 is 1.76 bits per heavy atom. The van der Waals surface area contributed by atoms with Gasteiger partial charge in [-0.1, -0.05) is 6.42 Å². The molecule has 0 aromatic carbocycles. The summed E-state index contributed by atoms with van der Waals surface area (Å²) in [6.45, 7) is 5.79. The highest BCUT2D eigenvalue weighted by Crippen LogP contribution is 2.28. The SMILES string of the molecule is O=C(O)[C@@H]1CN(CCN2CCCC2)C[C@@H]1CCCB(O)O. The molecule has 2 atom stereocenters. The molecular formula is C14H27BN2O4. The van der Waals surface area contributed by atoms with Crippen molar-refractivity contribution in [3.63, 3.8) is 0 Å². The van der Waals surface area contributed by atoms with Crippen LogP contribution in [0.2, 0.25) is 6.32 Å². The van der Waals surface area contributed by atoms with E-state index in [0.717, 1.165) is 26.1 Å². The highest BCUT2D eigenvalue weighted by atomic mass is 16.4. The Kier molecular flexibility index (Phi) is 6.48. The highest BCUT2D eigenvalue weighted by Gasteiger charge is 2.37. The van der Waals surface area contributed by atoms with Crippen molar-refractivity contribution in [1.29, 1.82) is 0 Å². The van der Waals surface area contributed by atoms with Crippen molar-refractivity contribution in [3.05, 3.63) is 0 Å². The third kappa shape index (κ3) is 5.25. The van der Waals surface area contributed by atoms with Crippen LogP contribution in [0.4, 0.5) is 0 Å². The monoisotopic (exact) mass is 298 g/mol. The molecule has 0 radical (unpaired) electrons. The van der Waals surface area contributed by atoms with Gasteiger partial charge in [0, 0.05) is 26.2 Å². The molecule has 0 spiro atoms. The fraction of sp³-hybridized carbons (Fsp3) is 0.929. The second-order valence-corrected chi connectivity index (χ2v) is 6.42. The number of rotatable bonds is 8. The lowest BCUT2D eigenvalue weighted by Crippen LogP contribution is -2.33. The average molecular weight is 298 g/mol. The molecule has 2 saturated heterocycles. The van der Waals surface area contributed by atoms with Gasteiger partial charge >= 0.3 is 13.1 Å². The zero-order chi connectivity index (χ0) is 15.2. The normalized spacial score (nSPS) is 27.3. The second kappa shape index (κ2) is 8.12. The Morgan fingerprint density at radius 3 is 2.38 bits per heavy atom. The van der Waals surface area contributed by atoms with Gasteiger partial charge in [0.05, 0.1) is 5.92 Å². The molecule has 0 amide bonds. The molecule has 3 N–H and O–H groups in total. The fourth-order valence-corrected chi connectivity index (χ4v) is 3.57. The first-order chi connectivity index (χ1) is 10.1. The summed E-state index contributed by atoms with van der Waals surface area (Å²) in [5.41, 5.74) is 0. The van der Waals surface area contributed by atoms with Crippen LogP contribution in [0.15, 0.2) is 0 Å². The molecule has 0 aromatic heterocycles. The molecular weight excluding hydrogens is 271 g/mol. The van der Waals surface area contributed by atoms with Crippen LogP contribution in [-0.2, 0) is 4.79 Å². The van der Waals surface area contributed by atoms with E-state index in [1.807, 2.05) is 0 Å². The summed E-state index contributed by atoms with van der Waals surface area (Å²) in [5, 5.41) is 27.1. The molecule has 0 aromatic rings. The van der Waals surface area contributed by atoms with Crippen molar-refractivity contribution < 1.29 is 19.9 Å². The molecule has 2 aliphatic heterocycles. The molecule has 0 aliphatic carbocycles. The molecule has 6 nitrogen and oxygen atoms in total. The van der Waals surface area contributed by atoms with Gasteiger partial charge in [0.1, 0.15) is 0 Å². The fourth-order valence-electron chi connectivity index (χ4n) is 3.57. The molecule has 0 unspecified atom stereocenters. The molecule has 0 bridgehead atoms. The summed E-state index contributed by atoms with van der Waals surface area (Å²) in [4.78, 5) is 16.1. The van der Waals surface area contributed by atoms with Gasteiger partial charge < -0.3 is 25.0 Å². The van der Waals surface area contributed by atoms with E-state index in [4.69, 9.17) is 10.0 Å². The zero-order valence-corrected chi connectivity index (χ0v) is 12.7. The third-order valence-electron chi connectivity index (χ3n) is 4.80. The van der Waals surface area contributed by atoms with Crippen molar-refractivity contribution in [1.82, 2.24) is 9.80 Å². The van der Waals surface area contributed by atoms with Gasteiger partial charge in [0.2, 0.25) is 0 Å². The predicted molar refractivity (Wildman–Crippen MR) is 81.0 cm³/mol. The van der Waals surface area contributed by atoms with Crippen LogP contribution in [0, 0.1) is 11.8 Å². The van der Waals surface area contributed by atoms with E-state index in [2.05, 4.69) is 9.80 Å². The summed E-state index contributed by atoms with van der Waals surface area (Å²) >= 11 is 0. The van der Waals surface area contributed by atoms with E-state index in [0.29, 0.717) is 19.3 Å². The molecule has 0 saturated carbocycles. The van der Waals surface area contributed by atoms with Crippen LogP contribution in [-0.4, -0.2) is 77.3 Å². The second-order valence-electron chi connectivity index (χ2n) is 6.42. The maximum Gasteiger partial charge on any atom is 0.451 e. The Labute approximate surface area is 126 Å². The number of nitrogens with zero attached hydrogens (tertiary/aromatic N) is 2.